The molecule has 1 saturated heterocycles. The second kappa shape index (κ2) is 0.863. The molecule has 1 N–H and O–H groups in total. The lowest BCUT2D eigenvalue weighted by atomic mass is 10.8. The van der Waals surface area contributed by atoms with Crippen LogP contribution in [0.15, 0.2) is 0 Å². The summed E-state index contributed by atoms with van der Waals surface area (Å²) >= 11 is 0. The molecule has 0 aromatic rings. The average molecular weight is 71.2 g/mol. The molecule has 1 fully saturated rings. The second-order valence-corrected chi connectivity index (χ2v) is 2.06. The highest BCUT2D eigenvalue weighted by molar-refractivity contribution is 6.35. The van der Waals surface area contributed by atoms with Gasteiger partial charge in [-0.2, -0.15) is 0 Å². The molecule has 1 aliphatic rings. The zero-order valence-corrected chi connectivity index (χ0v) is 3.41. The Bertz CT molecular complexity index is 14.0. The van der Waals surface area contributed by atoms with E-state index in [0.29, 0.717) is 0 Å². The largest absolute Gasteiger partial charge is 0.339 e. The van der Waals surface area contributed by atoms with Gasteiger partial charge in [0.15, 0.2) is 0 Å². The third kappa shape index (κ3) is 0.173. The SMILES string of the molecule is C1C[Si]N1. The van der Waals surface area contributed by atoms with Crippen molar-refractivity contribution < 1.29 is 0 Å². The first-order chi connectivity index (χ1) is 2.00. The average Bonchev–Trinajstić information content (AvgIpc) is 0.722. The maximum atomic E-state index is 3.14. The van der Waals surface area contributed by atoms with Crippen LogP contribution in [0.2, 0.25) is 6.04 Å². The minimum Gasteiger partial charge on any atom is -0.339 e. The summed E-state index contributed by atoms with van der Waals surface area (Å²) in [6.45, 7) is 1.26. The van der Waals surface area contributed by atoms with Crippen molar-refractivity contribution in [1.82, 2.24) is 4.98 Å². The van der Waals surface area contributed by atoms with Gasteiger partial charge < -0.3 is 4.98 Å². The monoisotopic (exact) mass is 71.0 g/mol. The van der Waals surface area contributed by atoms with Crippen LogP contribution in [-0.2, 0) is 0 Å². The molecular formula is C2H5NSi. The molecule has 0 aliphatic carbocycles. The van der Waals surface area contributed by atoms with E-state index < -0.39 is 0 Å². The highest BCUT2D eigenvalue weighted by Gasteiger charge is 1.95. The van der Waals surface area contributed by atoms with Crippen molar-refractivity contribution in [3.8, 4) is 0 Å². The summed E-state index contributed by atoms with van der Waals surface area (Å²) in [6.07, 6.45) is 0. The van der Waals surface area contributed by atoms with Crippen molar-refractivity contribution in [3.63, 3.8) is 0 Å². The van der Waals surface area contributed by atoms with Gasteiger partial charge in [-0.1, -0.05) is 0 Å². The van der Waals surface area contributed by atoms with Crippen molar-refractivity contribution in [3.05, 3.63) is 0 Å². The Morgan fingerprint density at radius 1 is 1.75 bits per heavy atom. The predicted octanol–water partition coefficient (Wildman–Crippen LogP) is -0.373. The van der Waals surface area contributed by atoms with Crippen molar-refractivity contribution in [2.75, 3.05) is 6.54 Å². The highest BCUT2D eigenvalue weighted by Crippen LogP contribution is 1.79. The van der Waals surface area contributed by atoms with Crippen molar-refractivity contribution in [2.24, 2.45) is 0 Å². The summed E-state index contributed by atoms with van der Waals surface area (Å²) < 4.78 is 0. The zero-order valence-electron chi connectivity index (χ0n) is 2.41. The Morgan fingerprint density at radius 2 is 2.00 bits per heavy atom. The Balaban J connectivity index is 2.00. The maximum Gasteiger partial charge on any atom is 0.140 e. The molecule has 0 aromatic heterocycles. The molecule has 1 heterocycles. The minimum atomic E-state index is 1.07. The van der Waals surface area contributed by atoms with E-state index in [1.807, 2.05) is 0 Å². The van der Waals surface area contributed by atoms with Crippen LogP contribution in [-0.4, -0.2) is 16.2 Å². The van der Waals surface area contributed by atoms with E-state index >= 15 is 0 Å². The minimum absolute atomic E-state index is 1.07. The lowest BCUT2D eigenvalue weighted by Crippen LogP contribution is -2.32. The van der Waals surface area contributed by atoms with Gasteiger partial charge in [0.05, 0.1) is 0 Å². The fourth-order valence-corrected chi connectivity index (χ4v) is 0.375. The van der Waals surface area contributed by atoms with Gasteiger partial charge in [-0.25, -0.2) is 0 Å². The molecule has 1 rings (SSSR count). The van der Waals surface area contributed by atoms with Crippen LogP contribution in [0, 0.1) is 0 Å². The van der Waals surface area contributed by atoms with Crippen molar-refractivity contribution in [1.29, 1.82) is 0 Å². The van der Waals surface area contributed by atoms with E-state index in [-0.39, 0.29) is 0 Å². The summed E-state index contributed by atoms with van der Waals surface area (Å²) in [5.41, 5.74) is 0. The van der Waals surface area contributed by atoms with Crippen LogP contribution in [0.25, 0.3) is 0 Å². The van der Waals surface area contributed by atoms with Crippen LogP contribution in [0.5, 0.6) is 0 Å². The van der Waals surface area contributed by atoms with Crippen molar-refractivity contribution in [2.45, 2.75) is 6.04 Å². The molecule has 0 atom stereocenters. The summed E-state index contributed by atoms with van der Waals surface area (Å²) in [5.74, 6) is 0. The molecule has 0 spiro atoms. The van der Waals surface area contributed by atoms with Crippen molar-refractivity contribution >= 4 is 9.68 Å². The quantitative estimate of drug-likeness (QED) is 0.384. The van der Waals surface area contributed by atoms with Gasteiger partial charge in [0.2, 0.25) is 0 Å². The van der Waals surface area contributed by atoms with E-state index in [4.69, 9.17) is 0 Å². The first-order valence-electron chi connectivity index (χ1n) is 1.46. The summed E-state index contributed by atoms with van der Waals surface area (Å²) in [5, 5.41) is 0. The van der Waals surface area contributed by atoms with Gasteiger partial charge in [0, 0.05) is 0 Å². The normalized spacial score (nSPS) is 24.0. The van der Waals surface area contributed by atoms with Crippen LogP contribution in [0.1, 0.15) is 0 Å². The standard InChI is InChI=1S/C2H5NSi/c1-2-4-3-1/h3H,1-2H2. The summed E-state index contributed by atoms with van der Waals surface area (Å²) in [7, 11) is 1.07. The molecule has 2 heteroatoms. The first kappa shape index (κ1) is 2.42. The Kier molecular flexibility index (Phi) is 0.521. The third-order valence-electron chi connectivity index (χ3n) is 0.500. The Hall–Kier alpha value is 0.177. The zero-order chi connectivity index (χ0) is 2.83. The molecule has 4 heavy (non-hydrogen) atoms. The smallest absolute Gasteiger partial charge is 0.140 e. The fraction of sp³-hybridized carbons (Fsp3) is 1.00. The van der Waals surface area contributed by atoms with Gasteiger partial charge in [-0.15, -0.1) is 0 Å². The summed E-state index contributed by atoms with van der Waals surface area (Å²) in [4.78, 5) is 3.14. The molecule has 1 aliphatic heterocycles. The van der Waals surface area contributed by atoms with Gasteiger partial charge in [0.1, 0.15) is 9.68 Å². The van der Waals surface area contributed by atoms with E-state index in [9.17, 15) is 0 Å². The molecule has 0 bridgehead atoms. The number of hydrogen-bond donors (Lipinski definition) is 1. The topological polar surface area (TPSA) is 12.0 Å². The molecule has 0 unspecified atom stereocenters. The maximum absolute atomic E-state index is 3.14. The van der Waals surface area contributed by atoms with Crippen LogP contribution in [0.3, 0.4) is 0 Å². The molecule has 22 valence electrons. The van der Waals surface area contributed by atoms with Gasteiger partial charge in [0.25, 0.3) is 0 Å². The van der Waals surface area contributed by atoms with Gasteiger partial charge in [-0.3, -0.25) is 0 Å². The molecule has 2 radical (unpaired) electrons. The molecule has 0 aromatic carbocycles. The Morgan fingerprint density at radius 3 is 2.00 bits per heavy atom. The fourth-order valence-electron chi connectivity index (χ4n) is 0.125. The van der Waals surface area contributed by atoms with E-state index in [0.717, 1.165) is 9.68 Å². The van der Waals surface area contributed by atoms with E-state index in [1.54, 1.807) is 0 Å². The molecule has 1 nitrogen and oxygen atoms in total. The second-order valence-electron chi connectivity index (χ2n) is 0.854. The lowest BCUT2D eigenvalue weighted by molar-refractivity contribution is 0.899. The van der Waals surface area contributed by atoms with Crippen LogP contribution >= 0.6 is 0 Å². The molecular weight excluding hydrogens is 66.1 g/mol. The van der Waals surface area contributed by atoms with Gasteiger partial charge >= 0.3 is 0 Å². The summed E-state index contributed by atoms with van der Waals surface area (Å²) in [6, 6.07) is 1.42. The van der Waals surface area contributed by atoms with Gasteiger partial charge in [-0.05, 0) is 12.6 Å². The number of nitrogens with one attached hydrogen (secondary N) is 1. The van der Waals surface area contributed by atoms with Crippen LogP contribution < -0.4 is 4.98 Å². The molecule has 0 saturated carbocycles. The third-order valence-corrected chi connectivity index (χ3v) is 1.50. The van der Waals surface area contributed by atoms with E-state index in [2.05, 4.69) is 4.98 Å². The highest BCUT2D eigenvalue weighted by atomic mass is 28.2. The Labute approximate surface area is 28.3 Å². The first-order valence-corrected chi connectivity index (χ1v) is 2.66. The number of rotatable bonds is 0. The van der Waals surface area contributed by atoms with Crippen LogP contribution in [0.4, 0.5) is 0 Å². The van der Waals surface area contributed by atoms with E-state index in [1.165, 1.54) is 12.6 Å². The lowest BCUT2D eigenvalue weighted by Gasteiger charge is -2.07. The predicted molar refractivity (Wildman–Crippen MR) is 18.6 cm³/mol. The number of hydrogen-bond acceptors (Lipinski definition) is 1. The molecule has 0 amide bonds.